The number of carbonyl (C=O) groups is 1. The van der Waals surface area contributed by atoms with E-state index in [-0.39, 0.29) is 5.69 Å². The molecule has 5 heteroatoms. The van der Waals surface area contributed by atoms with Gasteiger partial charge in [0.1, 0.15) is 11.3 Å². The Bertz CT molecular complexity index is 740. The zero-order chi connectivity index (χ0) is 12.7. The van der Waals surface area contributed by atoms with Gasteiger partial charge < -0.3 is 9.52 Å². The lowest BCUT2D eigenvalue weighted by Crippen LogP contribution is -1.95. The number of carboxylic acids is 1. The van der Waals surface area contributed by atoms with Gasteiger partial charge in [0.15, 0.2) is 11.5 Å². The van der Waals surface area contributed by atoms with Crippen molar-refractivity contribution in [1.82, 2.24) is 10.2 Å². The molecule has 5 nitrogen and oxygen atoms in total. The van der Waals surface area contributed by atoms with Crippen LogP contribution in [0.5, 0.6) is 0 Å². The Labute approximate surface area is 102 Å². The summed E-state index contributed by atoms with van der Waals surface area (Å²) in [5.74, 6) is -0.486. The lowest BCUT2D eigenvalue weighted by Gasteiger charge is -1.90. The van der Waals surface area contributed by atoms with Crippen molar-refractivity contribution in [1.29, 1.82) is 0 Å². The van der Waals surface area contributed by atoms with Crippen molar-refractivity contribution in [2.75, 3.05) is 0 Å². The maximum Gasteiger partial charge on any atom is 0.356 e. The summed E-state index contributed by atoms with van der Waals surface area (Å²) in [4.78, 5) is 10.7. The number of hydrogen-bond donors (Lipinski definition) is 2. The second kappa shape index (κ2) is 3.73. The van der Waals surface area contributed by atoms with Crippen molar-refractivity contribution in [3.05, 3.63) is 41.6 Å². The molecule has 3 rings (SSSR count). The van der Waals surface area contributed by atoms with Gasteiger partial charge in [0, 0.05) is 11.5 Å². The fourth-order valence-electron chi connectivity index (χ4n) is 1.83. The van der Waals surface area contributed by atoms with E-state index in [0.717, 1.165) is 16.5 Å². The molecule has 90 valence electrons. The van der Waals surface area contributed by atoms with Crippen molar-refractivity contribution < 1.29 is 14.3 Å². The van der Waals surface area contributed by atoms with Crippen molar-refractivity contribution in [3.8, 4) is 11.5 Å². The molecular weight excluding hydrogens is 232 g/mol. The summed E-state index contributed by atoms with van der Waals surface area (Å²) in [5, 5.41) is 16.1. The Morgan fingerprint density at radius 1 is 1.33 bits per heavy atom. The molecule has 0 saturated heterocycles. The van der Waals surface area contributed by atoms with Crippen molar-refractivity contribution >= 4 is 16.9 Å². The number of carboxylic acid groups (broad SMARTS) is 1. The molecule has 0 radical (unpaired) electrons. The molecule has 0 bridgehead atoms. The number of hydrogen-bond acceptors (Lipinski definition) is 3. The van der Waals surface area contributed by atoms with Gasteiger partial charge in [-0.2, -0.15) is 5.10 Å². The molecule has 2 heterocycles. The van der Waals surface area contributed by atoms with Gasteiger partial charge in [-0.3, -0.25) is 5.10 Å². The first-order valence-electron chi connectivity index (χ1n) is 5.43. The van der Waals surface area contributed by atoms with Crippen molar-refractivity contribution in [3.63, 3.8) is 0 Å². The predicted molar refractivity (Wildman–Crippen MR) is 65.5 cm³/mol. The third-order valence-electron chi connectivity index (χ3n) is 2.74. The summed E-state index contributed by atoms with van der Waals surface area (Å²) in [7, 11) is 0. The average molecular weight is 242 g/mol. The number of H-pyrrole nitrogens is 1. The highest BCUT2D eigenvalue weighted by atomic mass is 16.4. The third-order valence-corrected chi connectivity index (χ3v) is 2.74. The normalized spacial score (nSPS) is 10.9. The highest BCUT2D eigenvalue weighted by Gasteiger charge is 2.12. The van der Waals surface area contributed by atoms with E-state index in [1.54, 1.807) is 0 Å². The lowest BCUT2D eigenvalue weighted by atomic mass is 10.2. The minimum absolute atomic E-state index is 0.0263. The van der Waals surface area contributed by atoms with Crippen molar-refractivity contribution in [2.24, 2.45) is 0 Å². The van der Waals surface area contributed by atoms with E-state index >= 15 is 0 Å². The standard InChI is InChI=1S/C13H10N2O3/c1-7-2-3-8-5-12(18-11(8)4-7)9-6-10(13(16)17)15-14-9/h2-6H,1H3,(H,14,15)(H,16,17). The molecule has 0 spiro atoms. The summed E-state index contributed by atoms with van der Waals surface area (Å²) in [5.41, 5.74) is 2.42. The van der Waals surface area contributed by atoms with Gasteiger partial charge in [0.2, 0.25) is 0 Å². The van der Waals surface area contributed by atoms with Gasteiger partial charge in [-0.05, 0) is 24.6 Å². The lowest BCUT2D eigenvalue weighted by molar-refractivity contribution is 0.0690. The highest BCUT2D eigenvalue weighted by molar-refractivity contribution is 5.88. The van der Waals surface area contributed by atoms with Crippen LogP contribution < -0.4 is 0 Å². The van der Waals surface area contributed by atoms with Crippen LogP contribution in [-0.2, 0) is 0 Å². The summed E-state index contributed by atoms with van der Waals surface area (Å²) in [6.07, 6.45) is 0. The van der Waals surface area contributed by atoms with E-state index in [1.807, 2.05) is 31.2 Å². The summed E-state index contributed by atoms with van der Waals surface area (Å²) < 4.78 is 5.66. The smallest absolute Gasteiger partial charge is 0.356 e. The largest absolute Gasteiger partial charge is 0.476 e. The van der Waals surface area contributed by atoms with E-state index in [9.17, 15) is 4.79 Å². The van der Waals surface area contributed by atoms with E-state index in [0.29, 0.717) is 11.5 Å². The fourth-order valence-corrected chi connectivity index (χ4v) is 1.83. The number of nitrogens with one attached hydrogen (secondary N) is 1. The van der Waals surface area contributed by atoms with Crippen LogP contribution in [0.4, 0.5) is 0 Å². The number of benzene rings is 1. The number of aromatic nitrogens is 2. The summed E-state index contributed by atoms with van der Waals surface area (Å²) in [6, 6.07) is 9.21. The average Bonchev–Trinajstić information content (AvgIpc) is 2.93. The molecule has 1 aromatic carbocycles. The Morgan fingerprint density at radius 2 is 2.17 bits per heavy atom. The molecule has 0 unspecified atom stereocenters. The van der Waals surface area contributed by atoms with Gasteiger partial charge in [0.05, 0.1) is 0 Å². The van der Waals surface area contributed by atoms with Crippen LogP contribution in [-0.4, -0.2) is 21.3 Å². The fraction of sp³-hybridized carbons (Fsp3) is 0.0769. The molecule has 3 aromatic rings. The number of aromatic amines is 1. The van der Waals surface area contributed by atoms with Crippen LogP contribution in [0.15, 0.2) is 34.7 Å². The zero-order valence-electron chi connectivity index (χ0n) is 9.60. The minimum Gasteiger partial charge on any atom is -0.476 e. The van der Waals surface area contributed by atoms with Crippen LogP contribution in [0.2, 0.25) is 0 Å². The number of nitrogens with zero attached hydrogens (tertiary/aromatic N) is 1. The monoisotopic (exact) mass is 242 g/mol. The molecule has 0 saturated carbocycles. The zero-order valence-corrected chi connectivity index (χ0v) is 9.60. The molecule has 2 N–H and O–H groups in total. The Hall–Kier alpha value is -2.56. The van der Waals surface area contributed by atoms with Gasteiger partial charge >= 0.3 is 5.97 Å². The first-order chi connectivity index (χ1) is 8.63. The van der Waals surface area contributed by atoms with Gasteiger partial charge in [-0.15, -0.1) is 0 Å². The number of fused-ring (bicyclic) bond motifs is 1. The third kappa shape index (κ3) is 1.66. The molecule has 0 fully saturated rings. The second-order valence-corrected chi connectivity index (χ2v) is 4.12. The summed E-state index contributed by atoms with van der Waals surface area (Å²) >= 11 is 0. The SMILES string of the molecule is Cc1ccc2cc(-c3cc(C(=O)O)n[nH]3)oc2c1. The van der Waals surface area contributed by atoms with Crippen LogP contribution in [0.25, 0.3) is 22.4 Å². The number of furan rings is 1. The maximum atomic E-state index is 10.7. The number of aromatic carboxylic acids is 1. The number of aryl methyl sites for hydroxylation is 1. The quantitative estimate of drug-likeness (QED) is 0.724. The molecule has 0 aliphatic carbocycles. The van der Waals surface area contributed by atoms with Gasteiger partial charge in [0.25, 0.3) is 0 Å². The molecule has 18 heavy (non-hydrogen) atoms. The highest BCUT2D eigenvalue weighted by Crippen LogP contribution is 2.27. The Morgan fingerprint density at radius 3 is 2.89 bits per heavy atom. The van der Waals surface area contributed by atoms with Crippen LogP contribution in [0, 0.1) is 6.92 Å². The first kappa shape index (κ1) is 10.6. The first-order valence-corrected chi connectivity index (χ1v) is 5.43. The summed E-state index contributed by atoms with van der Waals surface area (Å²) in [6.45, 7) is 1.99. The predicted octanol–water partition coefficient (Wildman–Crippen LogP) is 2.83. The maximum absolute atomic E-state index is 10.7. The van der Waals surface area contributed by atoms with E-state index in [4.69, 9.17) is 9.52 Å². The topological polar surface area (TPSA) is 79.1 Å². The van der Waals surface area contributed by atoms with Crippen LogP contribution in [0.3, 0.4) is 0 Å². The molecule has 0 aliphatic rings. The van der Waals surface area contributed by atoms with Crippen LogP contribution >= 0.6 is 0 Å². The molecule has 0 amide bonds. The number of rotatable bonds is 2. The molecule has 0 aliphatic heterocycles. The van der Waals surface area contributed by atoms with Gasteiger partial charge in [-0.25, -0.2) is 4.79 Å². The van der Waals surface area contributed by atoms with Crippen LogP contribution in [0.1, 0.15) is 16.1 Å². The molecular formula is C13H10N2O3. The Kier molecular flexibility index (Phi) is 2.19. The second-order valence-electron chi connectivity index (χ2n) is 4.12. The Balaban J connectivity index is 2.10. The minimum atomic E-state index is -1.07. The van der Waals surface area contributed by atoms with E-state index < -0.39 is 5.97 Å². The van der Waals surface area contributed by atoms with E-state index in [1.165, 1.54) is 6.07 Å². The van der Waals surface area contributed by atoms with Gasteiger partial charge in [-0.1, -0.05) is 12.1 Å². The molecule has 2 aromatic heterocycles. The van der Waals surface area contributed by atoms with E-state index in [2.05, 4.69) is 10.2 Å². The molecule has 0 atom stereocenters. The van der Waals surface area contributed by atoms with Crippen molar-refractivity contribution in [2.45, 2.75) is 6.92 Å².